The largest absolute Gasteiger partial charge is 0.491 e. The molecular weight excluding hydrogens is 520 g/mol. The number of ether oxygens (including phenoxy) is 2. The Morgan fingerprint density at radius 2 is 2.00 bits per heavy atom. The van der Waals surface area contributed by atoms with Gasteiger partial charge in [0.25, 0.3) is 5.78 Å². The number of carbonyl (C=O) groups is 2. The van der Waals surface area contributed by atoms with Crippen LogP contribution in [0, 0.1) is 5.92 Å². The van der Waals surface area contributed by atoms with E-state index in [-0.39, 0.29) is 24.3 Å². The van der Waals surface area contributed by atoms with Crippen molar-refractivity contribution in [3.8, 4) is 5.75 Å². The maximum Gasteiger partial charge on any atom is 0.408 e. The van der Waals surface area contributed by atoms with Crippen molar-refractivity contribution in [2.24, 2.45) is 5.92 Å². The number of carbonyl (C=O) groups excluding carboxylic acids is 2. The summed E-state index contributed by atoms with van der Waals surface area (Å²) < 4.78 is 13.5. The average Bonchev–Trinajstić information content (AvgIpc) is 3.61. The molecule has 1 aromatic carbocycles. The van der Waals surface area contributed by atoms with Gasteiger partial charge in [-0.2, -0.15) is 14.6 Å². The van der Waals surface area contributed by atoms with Gasteiger partial charge < -0.3 is 19.7 Å². The molecule has 1 N–H and O–H groups in total. The molecule has 10 nitrogen and oxygen atoms in total. The second kappa shape index (κ2) is 13.8. The third-order valence-corrected chi connectivity index (χ3v) is 7.59. The van der Waals surface area contributed by atoms with E-state index in [0.29, 0.717) is 18.8 Å². The summed E-state index contributed by atoms with van der Waals surface area (Å²) in [4.78, 5) is 35.3. The van der Waals surface area contributed by atoms with Crippen molar-refractivity contribution in [3.05, 3.63) is 47.9 Å². The molecule has 2 atom stereocenters. The van der Waals surface area contributed by atoms with Gasteiger partial charge in [-0.3, -0.25) is 4.79 Å². The quantitative estimate of drug-likeness (QED) is 0.302. The first-order valence-corrected chi connectivity index (χ1v) is 14.8. The Kier molecular flexibility index (Phi) is 10.2. The van der Waals surface area contributed by atoms with Crippen molar-refractivity contribution in [3.63, 3.8) is 0 Å². The van der Waals surface area contributed by atoms with Gasteiger partial charge in [-0.1, -0.05) is 32.4 Å². The number of aryl methyl sites for hydroxylation is 1. The van der Waals surface area contributed by atoms with Gasteiger partial charge in [0.15, 0.2) is 5.78 Å². The maximum absolute atomic E-state index is 12.6. The Morgan fingerprint density at radius 3 is 2.76 bits per heavy atom. The summed E-state index contributed by atoms with van der Waals surface area (Å²) >= 11 is 0. The molecule has 41 heavy (non-hydrogen) atoms. The van der Waals surface area contributed by atoms with Gasteiger partial charge in [-0.25, -0.2) is 9.78 Å². The summed E-state index contributed by atoms with van der Waals surface area (Å²) in [5.74, 6) is 2.79. The molecule has 3 heterocycles. The summed E-state index contributed by atoms with van der Waals surface area (Å²) in [7, 11) is 0. The van der Waals surface area contributed by atoms with Gasteiger partial charge in [0.05, 0.1) is 12.6 Å². The lowest BCUT2D eigenvalue weighted by molar-refractivity contribution is -0.119. The van der Waals surface area contributed by atoms with Crippen molar-refractivity contribution in [2.45, 2.75) is 91.2 Å². The number of hydrogen-bond acceptors (Lipinski definition) is 8. The average molecular weight is 565 g/mol. The van der Waals surface area contributed by atoms with Crippen LogP contribution in [0.4, 0.5) is 10.6 Å². The zero-order valence-electron chi connectivity index (χ0n) is 25.1. The molecule has 4 rings (SSSR count). The predicted molar refractivity (Wildman–Crippen MR) is 158 cm³/mol. The van der Waals surface area contributed by atoms with Gasteiger partial charge in [0.1, 0.15) is 30.1 Å². The third kappa shape index (κ3) is 8.17. The second-order valence-electron chi connectivity index (χ2n) is 11.7. The van der Waals surface area contributed by atoms with Crippen LogP contribution in [0.2, 0.25) is 0 Å². The number of ketones is 1. The molecule has 10 heteroatoms. The number of benzene rings is 1. The van der Waals surface area contributed by atoms with Crippen LogP contribution in [-0.4, -0.2) is 62.8 Å². The van der Waals surface area contributed by atoms with E-state index in [1.165, 1.54) is 17.5 Å². The normalized spacial score (nSPS) is 16.1. The fraction of sp³-hybridized carbons (Fsp3) is 0.581. The van der Waals surface area contributed by atoms with Gasteiger partial charge in [0.2, 0.25) is 0 Å². The van der Waals surface area contributed by atoms with E-state index >= 15 is 0 Å². The molecule has 1 aliphatic heterocycles. The molecule has 1 saturated heterocycles. The van der Waals surface area contributed by atoms with E-state index in [1.54, 1.807) is 31.5 Å². The third-order valence-electron chi connectivity index (χ3n) is 7.59. The highest BCUT2D eigenvalue weighted by Gasteiger charge is 2.28. The summed E-state index contributed by atoms with van der Waals surface area (Å²) in [6.07, 6.45) is 8.90. The number of aromatic nitrogens is 4. The summed E-state index contributed by atoms with van der Waals surface area (Å²) in [5, 5.41) is 6.94. The molecule has 0 spiro atoms. The highest BCUT2D eigenvalue weighted by Crippen LogP contribution is 2.29. The lowest BCUT2D eigenvalue weighted by Gasteiger charge is -2.27. The Bertz CT molecular complexity index is 1320. The topological polar surface area (TPSA) is 111 Å². The summed E-state index contributed by atoms with van der Waals surface area (Å²) in [6, 6.07) is 8.52. The number of nitrogens with zero attached hydrogens (tertiary/aromatic N) is 5. The number of amides is 1. The molecule has 0 bridgehead atoms. The Balaban J connectivity index is 1.33. The first-order chi connectivity index (χ1) is 19.7. The molecule has 1 aliphatic rings. The van der Waals surface area contributed by atoms with Crippen LogP contribution in [0.5, 0.6) is 5.75 Å². The van der Waals surface area contributed by atoms with Crippen molar-refractivity contribution in [1.82, 2.24) is 24.9 Å². The fourth-order valence-corrected chi connectivity index (χ4v) is 5.51. The minimum absolute atomic E-state index is 0.00490. The Labute approximate surface area is 242 Å². The zero-order valence-corrected chi connectivity index (χ0v) is 25.1. The molecule has 2 unspecified atom stereocenters. The molecule has 1 fully saturated rings. The molecule has 222 valence electrons. The number of anilines is 1. The van der Waals surface area contributed by atoms with E-state index in [9.17, 15) is 9.59 Å². The Hall–Kier alpha value is -3.69. The number of rotatable bonds is 13. The zero-order chi connectivity index (χ0) is 29.4. The van der Waals surface area contributed by atoms with E-state index < -0.39 is 11.7 Å². The fourth-order valence-electron chi connectivity index (χ4n) is 5.51. The highest BCUT2D eigenvalue weighted by atomic mass is 16.6. The minimum Gasteiger partial charge on any atom is -0.491 e. The summed E-state index contributed by atoms with van der Waals surface area (Å²) in [5.41, 5.74) is 1.91. The van der Waals surface area contributed by atoms with Gasteiger partial charge >= 0.3 is 6.09 Å². The van der Waals surface area contributed by atoms with Crippen LogP contribution in [0.3, 0.4) is 0 Å². The number of Topliss-reactive ketones (excluding diaryl/α,β-unsaturated/α-hetero) is 1. The maximum atomic E-state index is 12.6. The molecule has 0 saturated carbocycles. The predicted octanol–water partition coefficient (Wildman–Crippen LogP) is 5.18. The van der Waals surface area contributed by atoms with Crippen LogP contribution in [-0.2, 0) is 22.4 Å². The van der Waals surface area contributed by atoms with Crippen molar-refractivity contribution in [2.75, 3.05) is 24.6 Å². The van der Waals surface area contributed by atoms with E-state index in [1.807, 2.05) is 6.07 Å². The monoisotopic (exact) mass is 564 g/mol. The second-order valence-corrected chi connectivity index (χ2v) is 11.7. The molecule has 2 aromatic heterocycles. The van der Waals surface area contributed by atoms with Crippen LogP contribution < -0.4 is 15.0 Å². The van der Waals surface area contributed by atoms with Crippen LogP contribution in [0.25, 0.3) is 5.78 Å². The minimum atomic E-state index is -0.588. The van der Waals surface area contributed by atoms with Crippen LogP contribution in [0.15, 0.2) is 36.8 Å². The molecule has 0 radical (unpaired) electrons. The van der Waals surface area contributed by atoms with E-state index in [2.05, 4.69) is 57.3 Å². The summed E-state index contributed by atoms with van der Waals surface area (Å²) in [6.45, 7) is 11.2. The lowest BCUT2D eigenvalue weighted by Crippen LogP contribution is -2.35. The number of nitrogens with one attached hydrogen (secondary N) is 1. The van der Waals surface area contributed by atoms with Crippen LogP contribution in [0.1, 0.15) is 77.8 Å². The van der Waals surface area contributed by atoms with Gasteiger partial charge in [-0.15, -0.1) is 0 Å². The van der Waals surface area contributed by atoms with E-state index in [4.69, 9.17) is 9.47 Å². The Morgan fingerprint density at radius 1 is 1.17 bits per heavy atom. The molecule has 3 aromatic rings. The van der Waals surface area contributed by atoms with Crippen molar-refractivity contribution in [1.29, 1.82) is 0 Å². The molecular formula is C31H44N6O4. The van der Waals surface area contributed by atoms with E-state index in [0.717, 1.165) is 56.6 Å². The molecule has 0 aliphatic carbocycles. The smallest absolute Gasteiger partial charge is 0.408 e. The number of hydrogen-bond donors (Lipinski definition) is 1. The first-order valence-electron chi connectivity index (χ1n) is 14.8. The standard InChI is InChI=1S/C31H44N6O4/c1-6-22(18-25(38)19-33-30(39)41-31(3,4)5)13-14-23-10-8-12-27(26(23)7-2)40-20-24-11-9-17-36(24)28-15-16-32-29-34-21-35-37(28)29/h8,10,12,15-16,21-22,24H,6-7,9,11,13-14,17-20H2,1-5H3,(H,33,39). The number of fused-ring (bicyclic) bond motifs is 1. The highest BCUT2D eigenvalue weighted by molar-refractivity contribution is 5.84. The van der Waals surface area contributed by atoms with Crippen LogP contribution >= 0.6 is 0 Å². The van der Waals surface area contributed by atoms with Crippen molar-refractivity contribution >= 4 is 23.5 Å². The van der Waals surface area contributed by atoms with Crippen molar-refractivity contribution < 1.29 is 19.1 Å². The lowest BCUT2D eigenvalue weighted by atomic mass is 9.90. The van der Waals surface area contributed by atoms with Gasteiger partial charge in [0, 0.05) is 19.2 Å². The first kappa shape index (κ1) is 30.3. The SMILES string of the molecule is CCc1c(CCC(CC)CC(=O)CNC(=O)OC(C)(C)C)cccc1OCC1CCCN1c1ccnc2ncnn12. The molecule has 1 amide bonds. The van der Waals surface area contributed by atoms with Gasteiger partial charge in [-0.05, 0) is 82.1 Å². The number of alkyl carbamates (subject to hydrolysis) is 1.